The van der Waals surface area contributed by atoms with Crippen LogP contribution in [0.25, 0.3) is 10.9 Å². The summed E-state index contributed by atoms with van der Waals surface area (Å²) < 4.78 is 12.4. The third-order valence-corrected chi connectivity index (χ3v) is 5.97. The van der Waals surface area contributed by atoms with Crippen molar-refractivity contribution < 1.29 is 9.47 Å². The number of fused-ring (bicyclic) bond motifs is 1. The van der Waals surface area contributed by atoms with Gasteiger partial charge in [0.05, 0.1) is 26.3 Å². The van der Waals surface area contributed by atoms with Crippen molar-refractivity contribution in [2.24, 2.45) is 5.92 Å². The molecule has 0 unspecified atom stereocenters. The molecule has 0 saturated carbocycles. The number of tetrazole rings is 1. The molecule has 3 heterocycles. The molecule has 35 heavy (non-hydrogen) atoms. The Kier molecular flexibility index (Phi) is 7.84. The van der Waals surface area contributed by atoms with E-state index in [4.69, 9.17) is 9.47 Å². The summed E-state index contributed by atoms with van der Waals surface area (Å²) in [4.78, 5) is 22.6. The van der Waals surface area contributed by atoms with Gasteiger partial charge in [-0.25, -0.2) is 4.68 Å². The van der Waals surface area contributed by atoms with Gasteiger partial charge >= 0.3 is 0 Å². The predicted molar refractivity (Wildman–Crippen MR) is 132 cm³/mol. The zero-order valence-electron chi connectivity index (χ0n) is 20.5. The average molecular weight is 478 g/mol. The van der Waals surface area contributed by atoms with E-state index in [1.54, 1.807) is 25.1 Å². The summed E-state index contributed by atoms with van der Waals surface area (Å²) in [5, 5.41) is 13.4. The third-order valence-electron chi connectivity index (χ3n) is 5.97. The number of aromatic amines is 1. The molecule has 1 atom stereocenters. The normalized spacial score (nSPS) is 12.5. The van der Waals surface area contributed by atoms with Crippen molar-refractivity contribution in [2.45, 2.75) is 39.5 Å². The number of rotatable bonds is 11. The lowest BCUT2D eigenvalue weighted by Gasteiger charge is -2.33. The van der Waals surface area contributed by atoms with E-state index in [0.29, 0.717) is 31.8 Å². The van der Waals surface area contributed by atoms with E-state index in [-0.39, 0.29) is 17.5 Å². The number of pyridine rings is 2. The first-order valence-corrected chi connectivity index (χ1v) is 11.6. The molecule has 1 N–H and O–H groups in total. The third kappa shape index (κ3) is 5.72. The summed E-state index contributed by atoms with van der Waals surface area (Å²) in [7, 11) is 3.28. The summed E-state index contributed by atoms with van der Waals surface area (Å²) in [5.74, 6) is 1.64. The molecule has 4 rings (SSSR count). The van der Waals surface area contributed by atoms with Gasteiger partial charge in [0.15, 0.2) is 5.82 Å². The number of benzene rings is 1. The molecule has 1 aromatic carbocycles. The zero-order valence-corrected chi connectivity index (χ0v) is 20.5. The van der Waals surface area contributed by atoms with Gasteiger partial charge in [0.2, 0.25) is 0 Å². The Labute approximate surface area is 203 Å². The average Bonchev–Trinajstić information content (AvgIpc) is 3.31. The van der Waals surface area contributed by atoms with Gasteiger partial charge in [-0.1, -0.05) is 19.9 Å². The van der Waals surface area contributed by atoms with Crippen molar-refractivity contribution in [3.63, 3.8) is 0 Å². The quantitative estimate of drug-likeness (QED) is 0.351. The van der Waals surface area contributed by atoms with Gasteiger partial charge in [-0.2, -0.15) is 0 Å². The molecular formula is C25H31N7O3. The lowest BCUT2D eigenvalue weighted by molar-refractivity contribution is 0.121. The first kappa shape index (κ1) is 24.5. The predicted octanol–water partition coefficient (Wildman–Crippen LogP) is 2.96. The van der Waals surface area contributed by atoms with Crippen molar-refractivity contribution in [3.8, 4) is 5.75 Å². The van der Waals surface area contributed by atoms with Crippen LogP contribution in [-0.4, -0.2) is 55.9 Å². The maximum atomic E-state index is 13.1. The summed E-state index contributed by atoms with van der Waals surface area (Å²) in [5.41, 5.74) is 2.33. The molecule has 0 fully saturated rings. The lowest BCUT2D eigenvalue weighted by Crippen LogP contribution is -2.35. The fourth-order valence-corrected chi connectivity index (χ4v) is 4.32. The molecule has 0 saturated heterocycles. The minimum Gasteiger partial charge on any atom is -0.497 e. The number of ether oxygens (including phenoxy) is 2. The number of nitrogens with zero attached hydrogens (tertiary/aromatic N) is 6. The fourth-order valence-electron chi connectivity index (χ4n) is 4.32. The standard InChI is InChI=1S/C25H31N7O3/c1-17(2)23(24-28-29-30-32(24)10-11-34-3)31(15-18-6-5-9-26-14-18)16-20-12-19-13-21(35-4)7-8-22(19)27-25(20)33/h5-9,12-14,17,23H,10-11,15-16H2,1-4H3,(H,27,33)/t23-/m1/s1. The van der Waals surface area contributed by atoms with Crippen LogP contribution in [0.5, 0.6) is 5.75 Å². The molecule has 0 radical (unpaired) electrons. The number of hydrogen-bond acceptors (Lipinski definition) is 8. The molecule has 3 aromatic heterocycles. The van der Waals surface area contributed by atoms with Gasteiger partial charge in [-0.05, 0) is 52.2 Å². The van der Waals surface area contributed by atoms with Crippen LogP contribution in [0.1, 0.15) is 36.8 Å². The minimum atomic E-state index is -0.150. The Balaban J connectivity index is 1.76. The molecule has 0 aliphatic rings. The molecule has 0 spiro atoms. The topological polar surface area (TPSA) is 111 Å². The van der Waals surface area contributed by atoms with Gasteiger partial charge in [-0.3, -0.25) is 14.7 Å². The number of H-pyrrole nitrogens is 1. The van der Waals surface area contributed by atoms with Gasteiger partial charge in [0.1, 0.15) is 5.75 Å². The molecule has 4 aromatic rings. The number of nitrogens with one attached hydrogen (secondary N) is 1. The van der Waals surface area contributed by atoms with Crippen LogP contribution in [0, 0.1) is 5.92 Å². The van der Waals surface area contributed by atoms with Gasteiger partial charge in [0, 0.05) is 49.1 Å². The monoisotopic (exact) mass is 477 g/mol. The number of methoxy groups -OCH3 is 2. The zero-order chi connectivity index (χ0) is 24.8. The summed E-state index contributed by atoms with van der Waals surface area (Å²) >= 11 is 0. The van der Waals surface area contributed by atoms with Crippen molar-refractivity contribution >= 4 is 10.9 Å². The van der Waals surface area contributed by atoms with Crippen LogP contribution in [0.15, 0.2) is 53.6 Å². The highest BCUT2D eigenvalue weighted by Gasteiger charge is 2.30. The Morgan fingerprint density at radius 3 is 2.71 bits per heavy atom. The lowest BCUT2D eigenvalue weighted by atomic mass is 9.99. The highest BCUT2D eigenvalue weighted by atomic mass is 16.5. The van der Waals surface area contributed by atoms with Crippen LogP contribution < -0.4 is 10.3 Å². The maximum Gasteiger partial charge on any atom is 0.252 e. The molecule has 0 bridgehead atoms. The van der Waals surface area contributed by atoms with Crippen LogP contribution >= 0.6 is 0 Å². The molecule has 0 aliphatic carbocycles. The van der Waals surface area contributed by atoms with Crippen molar-refractivity contribution in [1.29, 1.82) is 0 Å². The molecular weight excluding hydrogens is 446 g/mol. The van der Waals surface area contributed by atoms with Gasteiger partial charge < -0.3 is 14.5 Å². The highest BCUT2D eigenvalue weighted by Crippen LogP contribution is 2.30. The second-order valence-corrected chi connectivity index (χ2v) is 8.79. The Bertz CT molecular complexity index is 1300. The van der Waals surface area contributed by atoms with Crippen LogP contribution in [0.3, 0.4) is 0 Å². The number of aromatic nitrogens is 6. The van der Waals surface area contributed by atoms with E-state index in [9.17, 15) is 4.79 Å². The van der Waals surface area contributed by atoms with Crippen LogP contribution in [0.2, 0.25) is 0 Å². The summed E-state index contributed by atoms with van der Waals surface area (Å²) in [6.07, 6.45) is 3.59. The molecule has 0 amide bonds. The van der Waals surface area contributed by atoms with E-state index in [2.05, 4.69) is 44.2 Å². The highest BCUT2D eigenvalue weighted by molar-refractivity contribution is 5.80. The molecule has 10 heteroatoms. The van der Waals surface area contributed by atoms with Crippen LogP contribution in [-0.2, 0) is 24.4 Å². The molecule has 0 aliphatic heterocycles. The van der Waals surface area contributed by atoms with E-state index < -0.39 is 0 Å². The van der Waals surface area contributed by atoms with Crippen LogP contribution in [0.4, 0.5) is 0 Å². The van der Waals surface area contributed by atoms with Crippen molar-refractivity contribution in [1.82, 2.24) is 35.1 Å². The van der Waals surface area contributed by atoms with Gasteiger partial charge in [-0.15, -0.1) is 5.10 Å². The molecule has 10 nitrogen and oxygen atoms in total. The van der Waals surface area contributed by atoms with Gasteiger partial charge in [0.25, 0.3) is 5.56 Å². The second kappa shape index (κ2) is 11.2. The van der Waals surface area contributed by atoms with Crippen molar-refractivity contribution in [3.05, 3.63) is 76.1 Å². The van der Waals surface area contributed by atoms with E-state index in [1.807, 2.05) is 42.6 Å². The van der Waals surface area contributed by atoms with E-state index in [0.717, 1.165) is 28.0 Å². The summed E-state index contributed by atoms with van der Waals surface area (Å²) in [6, 6.07) is 11.3. The smallest absolute Gasteiger partial charge is 0.252 e. The first-order valence-electron chi connectivity index (χ1n) is 11.6. The second-order valence-electron chi connectivity index (χ2n) is 8.79. The Morgan fingerprint density at radius 2 is 2.00 bits per heavy atom. The van der Waals surface area contributed by atoms with Crippen molar-refractivity contribution in [2.75, 3.05) is 20.8 Å². The maximum absolute atomic E-state index is 13.1. The fraction of sp³-hybridized carbons (Fsp3) is 0.400. The first-order chi connectivity index (χ1) is 17.0. The van der Waals surface area contributed by atoms with E-state index in [1.165, 1.54) is 0 Å². The number of hydrogen-bond donors (Lipinski definition) is 1. The van der Waals surface area contributed by atoms with E-state index >= 15 is 0 Å². The molecule has 184 valence electrons. The largest absolute Gasteiger partial charge is 0.497 e. The SMILES string of the molecule is COCCn1nnnc1[C@@H](C(C)C)N(Cc1cccnc1)Cc1cc2cc(OC)ccc2[nH]c1=O. The minimum absolute atomic E-state index is 0.125. The summed E-state index contributed by atoms with van der Waals surface area (Å²) in [6.45, 7) is 6.27. The Morgan fingerprint density at radius 1 is 1.14 bits per heavy atom. The Hall–Kier alpha value is -3.63.